The Labute approximate surface area is 163 Å². The normalized spacial score (nSPS) is 53.9. The number of epoxide rings is 1. The maximum absolute atomic E-state index is 12.0. The van der Waals surface area contributed by atoms with Crippen LogP contribution in [0.5, 0.6) is 0 Å². The largest absolute Gasteiger partial charge is 0.458 e. The van der Waals surface area contributed by atoms with Gasteiger partial charge in [-0.25, -0.2) is 4.79 Å². The van der Waals surface area contributed by atoms with Crippen molar-refractivity contribution < 1.29 is 29.6 Å². The average Bonchev–Trinajstić information content (AvgIpc) is 3.24. The van der Waals surface area contributed by atoms with Crippen LogP contribution in [0.15, 0.2) is 11.1 Å². The molecule has 1 spiro atoms. The summed E-state index contributed by atoms with van der Waals surface area (Å²) in [6, 6.07) is 0. The second kappa shape index (κ2) is 5.08. The van der Waals surface area contributed by atoms with Crippen LogP contribution in [0.3, 0.4) is 0 Å². The number of ether oxygens (including phenoxy) is 2. The Balaban J connectivity index is 1.61. The number of hydrogen-bond donors (Lipinski definition) is 3. The number of carbonyl (C=O) groups is 1. The van der Waals surface area contributed by atoms with Gasteiger partial charge in [0.15, 0.2) is 0 Å². The summed E-state index contributed by atoms with van der Waals surface area (Å²) in [7, 11) is 0. The van der Waals surface area contributed by atoms with Gasteiger partial charge in [-0.15, -0.1) is 11.6 Å². The van der Waals surface area contributed by atoms with Crippen LogP contribution >= 0.6 is 11.6 Å². The van der Waals surface area contributed by atoms with Crippen molar-refractivity contribution >= 4 is 17.6 Å². The molecule has 8 atom stereocenters. The summed E-state index contributed by atoms with van der Waals surface area (Å²) in [4.78, 5) is 12.0. The molecular weight excluding hydrogens is 372 g/mol. The minimum atomic E-state index is -1.47. The number of esters is 1. The Morgan fingerprint density at radius 1 is 1.30 bits per heavy atom. The van der Waals surface area contributed by atoms with E-state index in [1.165, 1.54) is 0 Å². The third-order valence-electron chi connectivity index (χ3n) is 8.32. The van der Waals surface area contributed by atoms with Gasteiger partial charge in [0.25, 0.3) is 0 Å². The number of aliphatic hydroxyl groups excluding tert-OH is 1. The molecule has 0 amide bonds. The second-order valence-electron chi connectivity index (χ2n) is 9.86. The highest BCUT2D eigenvalue weighted by Gasteiger charge is 2.86. The van der Waals surface area contributed by atoms with Crippen molar-refractivity contribution in [3.63, 3.8) is 0 Å². The third kappa shape index (κ3) is 1.90. The molecule has 3 N–H and O–H groups in total. The van der Waals surface area contributed by atoms with Crippen LogP contribution in [0.1, 0.15) is 46.5 Å². The van der Waals surface area contributed by atoms with E-state index >= 15 is 0 Å². The molecule has 3 unspecified atom stereocenters. The van der Waals surface area contributed by atoms with Crippen molar-refractivity contribution in [2.45, 2.75) is 80.8 Å². The zero-order valence-corrected chi connectivity index (χ0v) is 16.6. The molecule has 1 saturated heterocycles. The van der Waals surface area contributed by atoms with E-state index in [4.69, 9.17) is 21.1 Å². The minimum Gasteiger partial charge on any atom is -0.458 e. The van der Waals surface area contributed by atoms with Gasteiger partial charge in [-0.05, 0) is 51.0 Å². The topological polar surface area (TPSA) is 99.5 Å². The van der Waals surface area contributed by atoms with Gasteiger partial charge in [-0.3, -0.25) is 0 Å². The first kappa shape index (κ1) is 18.4. The van der Waals surface area contributed by atoms with Crippen molar-refractivity contribution in [1.82, 2.24) is 0 Å². The van der Waals surface area contributed by atoms with E-state index in [1.54, 1.807) is 13.8 Å². The zero-order chi connectivity index (χ0) is 19.6. The molecule has 5 aliphatic rings. The summed E-state index contributed by atoms with van der Waals surface area (Å²) >= 11 is 6.71. The highest BCUT2D eigenvalue weighted by atomic mass is 35.5. The Morgan fingerprint density at radius 3 is 2.67 bits per heavy atom. The lowest BCUT2D eigenvalue weighted by Gasteiger charge is -2.61. The molecule has 7 heteroatoms. The average molecular weight is 399 g/mol. The molecule has 0 radical (unpaired) electrons. The van der Waals surface area contributed by atoms with Crippen LogP contribution in [0.4, 0.5) is 0 Å². The van der Waals surface area contributed by atoms with Crippen LogP contribution in [0.25, 0.3) is 0 Å². The molecule has 150 valence electrons. The number of hydrogen-bond acceptors (Lipinski definition) is 6. The third-order valence-corrected chi connectivity index (χ3v) is 8.82. The van der Waals surface area contributed by atoms with Gasteiger partial charge in [0.2, 0.25) is 0 Å². The van der Waals surface area contributed by atoms with E-state index in [1.807, 2.05) is 0 Å². The first-order valence-corrected chi connectivity index (χ1v) is 10.3. The predicted molar refractivity (Wildman–Crippen MR) is 96.0 cm³/mol. The van der Waals surface area contributed by atoms with Gasteiger partial charge in [-0.2, -0.15) is 0 Å². The molecular formula is C20H27ClO6. The second-order valence-corrected chi connectivity index (χ2v) is 10.4. The number of alkyl halides is 1. The van der Waals surface area contributed by atoms with Crippen LogP contribution in [0.2, 0.25) is 0 Å². The number of halogens is 1. The number of fused-ring (bicyclic) bond motifs is 2. The van der Waals surface area contributed by atoms with E-state index in [0.717, 1.165) is 11.1 Å². The standard InChI is InChI=1S/C20H27ClO6/c1-17(2,24)12-13(21)15-20(27-15)18(3)6-4-9-10(8-26-16(9)23)11(18)5-7-19(20,25)14(12)22/h11-15,22,24-25H,4-8H2,1-3H3/t11?,12?,13?,14-,15+,18+,19-,20-/m1/s1. The minimum absolute atomic E-state index is 0.0627. The van der Waals surface area contributed by atoms with Gasteiger partial charge in [0.1, 0.15) is 23.9 Å². The van der Waals surface area contributed by atoms with E-state index < -0.39 is 45.7 Å². The SMILES string of the molecule is CC(C)(O)C1C(Cl)[C@@H]2O[C@@]23[C@@]2(C)CCC4=C(COC4=O)C2CC[C@@]3(O)[C@@H]1O. The summed E-state index contributed by atoms with van der Waals surface area (Å²) in [6.45, 7) is 5.63. The molecule has 2 saturated carbocycles. The van der Waals surface area contributed by atoms with Crippen molar-refractivity contribution in [3.05, 3.63) is 11.1 Å². The molecule has 2 aliphatic heterocycles. The quantitative estimate of drug-likeness (QED) is 0.349. The smallest absolute Gasteiger partial charge is 0.334 e. The highest BCUT2D eigenvalue weighted by molar-refractivity contribution is 6.21. The van der Waals surface area contributed by atoms with Gasteiger partial charge in [-0.1, -0.05) is 6.92 Å². The molecule has 0 bridgehead atoms. The van der Waals surface area contributed by atoms with Gasteiger partial charge in [0, 0.05) is 16.9 Å². The van der Waals surface area contributed by atoms with Crippen LogP contribution < -0.4 is 0 Å². The van der Waals surface area contributed by atoms with Crippen molar-refractivity contribution in [2.24, 2.45) is 17.3 Å². The van der Waals surface area contributed by atoms with Crippen molar-refractivity contribution in [2.75, 3.05) is 6.61 Å². The first-order valence-electron chi connectivity index (χ1n) is 9.83. The molecule has 27 heavy (non-hydrogen) atoms. The van der Waals surface area contributed by atoms with E-state index in [9.17, 15) is 20.1 Å². The maximum Gasteiger partial charge on any atom is 0.334 e. The highest BCUT2D eigenvalue weighted by Crippen LogP contribution is 2.74. The summed E-state index contributed by atoms with van der Waals surface area (Å²) in [5.74, 6) is -0.855. The molecule has 6 nitrogen and oxygen atoms in total. The van der Waals surface area contributed by atoms with Crippen molar-refractivity contribution in [3.8, 4) is 0 Å². The number of cyclic esters (lactones) is 1. The summed E-state index contributed by atoms with van der Waals surface area (Å²) in [5, 5.41) is 32.9. The van der Waals surface area contributed by atoms with E-state index in [0.29, 0.717) is 32.3 Å². The lowest BCUT2D eigenvalue weighted by molar-refractivity contribution is -0.231. The van der Waals surface area contributed by atoms with Gasteiger partial charge in [0.05, 0.1) is 17.1 Å². The molecule has 0 aromatic carbocycles. The number of aliphatic hydroxyl groups is 3. The Morgan fingerprint density at radius 2 is 2.00 bits per heavy atom. The zero-order valence-electron chi connectivity index (χ0n) is 15.9. The van der Waals surface area contributed by atoms with Gasteiger partial charge >= 0.3 is 5.97 Å². The molecule has 0 aromatic rings. The van der Waals surface area contributed by atoms with E-state index in [2.05, 4.69) is 6.92 Å². The molecule has 2 heterocycles. The predicted octanol–water partition coefficient (Wildman–Crippen LogP) is 1.29. The fourth-order valence-electron chi connectivity index (χ4n) is 7.01. The fraction of sp³-hybridized carbons (Fsp3) is 0.850. The lowest BCUT2D eigenvalue weighted by Crippen LogP contribution is -2.74. The maximum atomic E-state index is 12.0. The Hall–Kier alpha value is -0.660. The molecule has 3 fully saturated rings. The molecule has 3 aliphatic carbocycles. The van der Waals surface area contributed by atoms with Crippen LogP contribution in [-0.2, 0) is 14.3 Å². The summed E-state index contributed by atoms with van der Waals surface area (Å²) < 4.78 is 11.5. The lowest BCUT2D eigenvalue weighted by atomic mass is 9.45. The first-order chi connectivity index (χ1) is 12.5. The van der Waals surface area contributed by atoms with Crippen LogP contribution in [0, 0.1) is 17.3 Å². The summed E-state index contributed by atoms with van der Waals surface area (Å²) in [6.07, 6.45) is 0.626. The Kier molecular flexibility index (Phi) is 3.46. The number of carbonyl (C=O) groups excluding carboxylic acids is 1. The fourth-order valence-corrected chi connectivity index (χ4v) is 7.69. The molecule has 0 aromatic heterocycles. The van der Waals surface area contributed by atoms with Crippen molar-refractivity contribution in [1.29, 1.82) is 0 Å². The van der Waals surface area contributed by atoms with Crippen LogP contribution in [-0.4, -0.2) is 62.3 Å². The van der Waals surface area contributed by atoms with Gasteiger partial charge < -0.3 is 24.8 Å². The number of rotatable bonds is 1. The monoisotopic (exact) mass is 398 g/mol. The Bertz CT molecular complexity index is 758. The van der Waals surface area contributed by atoms with E-state index in [-0.39, 0.29) is 11.9 Å². The molecule has 5 rings (SSSR count). The summed E-state index contributed by atoms with van der Waals surface area (Å²) in [5.41, 5.74) is -2.31.